The van der Waals surface area contributed by atoms with Crippen molar-refractivity contribution < 1.29 is 81.1 Å². The highest BCUT2D eigenvalue weighted by Gasteiger charge is 2.55. The first-order valence-electron chi connectivity index (χ1n) is 37.3. The minimum absolute atomic E-state index is 0.0538. The Morgan fingerprint density at radius 3 is 1.15 bits per heavy atom. The predicted molar refractivity (Wildman–Crippen MR) is 362 cm³/mol. The van der Waals surface area contributed by atoms with Crippen LogP contribution in [0.4, 0.5) is 0 Å². The van der Waals surface area contributed by atoms with Gasteiger partial charge in [0.25, 0.3) is 0 Å². The van der Waals surface area contributed by atoms with Crippen LogP contribution in [-0.4, -0.2) is 136 Å². The van der Waals surface area contributed by atoms with E-state index in [9.17, 15) is 53.2 Å². The highest BCUT2D eigenvalue weighted by atomic mass is 32.3. The third kappa shape index (κ3) is 38.3. The van der Waals surface area contributed by atoms with Crippen LogP contribution in [-0.2, 0) is 47.9 Å². The van der Waals surface area contributed by atoms with E-state index in [-0.39, 0.29) is 18.4 Å². The zero-order valence-electron chi connectivity index (χ0n) is 59.5. The SMILES string of the molecule is CCCCCCCCCCCCCCCCCC(=O)O[C@@H]1[C@H](O[C@H]2O[C@H](CO)[C@@H](O)[C@H](O)[C@H]2OS(=O)(=O)O)O[C@@H](CO)[C@H](O)[C@H]1OC(=O)[C@H](C)C[C@H](C)C[C@H](C)C[C@H](C)C[C@H](C)C[C@H](C)C[C@H](C)C[C@H](C)C[C@H](C)[C@H](O)CCCCCCCCCCCCCCC. The molecule has 0 aliphatic carbocycles. The molecule has 0 spiro atoms. The van der Waals surface area contributed by atoms with E-state index >= 15 is 0 Å². The van der Waals surface area contributed by atoms with Gasteiger partial charge in [0.1, 0.15) is 30.5 Å². The van der Waals surface area contributed by atoms with Crippen molar-refractivity contribution >= 4 is 22.3 Å². The summed E-state index contributed by atoms with van der Waals surface area (Å²) in [6, 6.07) is 0. The molecular weight excluding hydrogens is 1180 g/mol. The summed E-state index contributed by atoms with van der Waals surface area (Å²) in [5.74, 6) is 1.59. The molecular formula is C73H140O17S. The van der Waals surface area contributed by atoms with Gasteiger partial charge in [-0.1, -0.05) is 250 Å². The first kappa shape index (κ1) is 85.5. The molecule has 2 fully saturated rings. The molecule has 0 radical (unpaired) electrons. The van der Waals surface area contributed by atoms with Crippen LogP contribution in [0.2, 0.25) is 0 Å². The number of aliphatic hydroxyl groups is 6. The van der Waals surface area contributed by atoms with Crippen molar-refractivity contribution in [1.29, 1.82) is 0 Å². The third-order valence-electron chi connectivity index (χ3n) is 19.6. The Bertz CT molecular complexity index is 1910. The van der Waals surface area contributed by atoms with Gasteiger partial charge >= 0.3 is 22.3 Å². The van der Waals surface area contributed by atoms with Gasteiger partial charge in [-0.15, -0.1) is 0 Å². The highest BCUT2D eigenvalue weighted by molar-refractivity contribution is 7.80. The summed E-state index contributed by atoms with van der Waals surface area (Å²) in [6.07, 6.45) is 24.8. The first-order chi connectivity index (χ1) is 43.3. The Morgan fingerprint density at radius 1 is 0.429 bits per heavy atom. The largest absolute Gasteiger partial charge is 0.455 e. The van der Waals surface area contributed by atoms with Gasteiger partial charge in [-0.25, -0.2) is 4.18 Å². The molecule has 2 saturated heterocycles. The summed E-state index contributed by atoms with van der Waals surface area (Å²) in [5.41, 5.74) is 0. The van der Waals surface area contributed by atoms with Crippen molar-refractivity contribution in [3.63, 3.8) is 0 Å². The fourth-order valence-electron chi connectivity index (χ4n) is 15.0. The van der Waals surface area contributed by atoms with Gasteiger partial charge in [-0.05, 0) is 112 Å². The Labute approximate surface area is 555 Å². The fourth-order valence-corrected chi connectivity index (χ4v) is 15.5. The Morgan fingerprint density at radius 2 is 0.769 bits per heavy atom. The van der Waals surface area contributed by atoms with Crippen molar-refractivity contribution in [3.8, 4) is 0 Å². The van der Waals surface area contributed by atoms with E-state index in [1.165, 1.54) is 154 Å². The molecule has 91 heavy (non-hydrogen) atoms. The van der Waals surface area contributed by atoms with E-state index in [4.69, 9.17) is 23.7 Å². The van der Waals surface area contributed by atoms with E-state index in [1.807, 2.05) is 0 Å². The second kappa shape index (κ2) is 49.9. The van der Waals surface area contributed by atoms with Gasteiger partial charge in [0.05, 0.1) is 25.2 Å². The zero-order chi connectivity index (χ0) is 67.7. The monoisotopic (exact) mass is 1320 g/mol. The number of carbonyl (C=O) groups is 2. The normalized spacial score (nSPS) is 25.6. The molecule has 0 saturated carbocycles. The van der Waals surface area contributed by atoms with Gasteiger partial charge in [-0.2, -0.15) is 8.42 Å². The summed E-state index contributed by atoms with van der Waals surface area (Å²) in [5, 5.41) is 64.5. The number of esters is 2. The maximum Gasteiger partial charge on any atom is 0.397 e. The lowest BCUT2D eigenvalue weighted by Gasteiger charge is -2.46. The summed E-state index contributed by atoms with van der Waals surface area (Å²) in [6.45, 7) is 23.0. The molecule has 2 rings (SSSR count). The van der Waals surface area contributed by atoms with Crippen molar-refractivity contribution in [2.24, 2.45) is 53.3 Å². The van der Waals surface area contributed by atoms with E-state index in [2.05, 4.69) is 73.4 Å². The molecule has 18 heteroatoms. The Hall–Kier alpha value is -1.55. The van der Waals surface area contributed by atoms with Crippen molar-refractivity contribution in [2.75, 3.05) is 13.2 Å². The number of ether oxygens (including phenoxy) is 5. The lowest BCUT2D eigenvalue weighted by Crippen LogP contribution is -2.65. The highest BCUT2D eigenvalue weighted by Crippen LogP contribution is 2.36. The summed E-state index contributed by atoms with van der Waals surface area (Å²) in [4.78, 5) is 27.8. The Balaban J connectivity index is 1.94. The van der Waals surface area contributed by atoms with Crippen LogP contribution in [0.5, 0.6) is 0 Å². The zero-order valence-corrected chi connectivity index (χ0v) is 60.3. The van der Waals surface area contributed by atoms with Gasteiger partial charge in [-0.3, -0.25) is 14.1 Å². The van der Waals surface area contributed by atoms with Gasteiger partial charge < -0.3 is 54.3 Å². The molecule has 20 atom stereocenters. The number of unbranched alkanes of at least 4 members (excludes halogenated alkanes) is 26. The number of hydrogen-bond donors (Lipinski definition) is 7. The predicted octanol–water partition coefficient (Wildman–Crippen LogP) is 15.5. The van der Waals surface area contributed by atoms with Crippen LogP contribution >= 0.6 is 0 Å². The van der Waals surface area contributed by atoms with E-state index < -0.39 is 103 Å². The van der Waals surface area contributed by atoms with Crippen LogP contribution in [0.25, 0.3) is 0 Å². The van der Waals surface area contributed by atoms with Crippen molar-refractivity contribution in [1.82, 2.24) is 0 Å². The van der Waals surface area contributed by atoms with Crippen molar-refractivity contribution in [3.05, 3.63) is 0 Å². The van der Waals surface area contributed by atoms with Crippen LogP contribution < -0.4 is 0 Å². The molecule has 0 aromatic heterocycles. The van der Waals surface area contributed by atoms with Crippen LogP contribution in [0.3, 0.4) is 0 Å². The molecule has 2 aliphatic heterocycles. The van der Waals surface area contributed by atoms with Crippen LogP contribution in [0.1, 0.15) is 320 Å². The summed E-state index contributed by atoms with van der Waals surface area (Å²) >= 11 is 0. The lowest BCUT2D eigenvalue weighted by molar-refractivity contribution is -0.374. The van der Waals surface area contributed by atoms with Crippen LogP contribution in [0, 0.1) is 53.3 Å². The molecule has 0 aromatic carbocycles. The minimum Gasteiger partial charge on any atom is -0.455 e. The molecule has 2 heterocycles. The smallest absolute Gasteiger partial charge is 0.397 e. The molecule has 7 N–H and O–H groups in total. The van der Waals surface area contributed by atoms with E-state index in [1.54, 1.807) is 6.92 Å². The quantitative estimate of drug-likeness (QED) is 0.0169. The maximum absolute atomic E-state index is 14.1. The second-order valence-corrected chi connectivity index (χ2v) is 30.7. The fraction of sp³-hybridized carbons (Fsp3) is 0.973. The van der Waals surface area contributed by atoms with Gasteiger partial charge in [0.2, 0.25) is 6.29 Å². The Kier molecular flexibility index (Phi) is 46.9. The average molecular weight is 1320 g/mol. The second-order valence-electron chi connectivity index (χ2n) is 29.7. The molecule has 0 amide bonds. The first-order valence-corrected chi connectivity index (χ1v) is 38.7. The van der Waals surface area contributed by atoms with Crippen LogP contribution in [0.15, 0.2) is 0 Å². The standard InChI is InChI=1S/C73H140O17S/c1-12-14-16-18-20-22-24-26-27-29-31-33-35-37-39-41-64(77)87-70-68(66(79)63(51-75)86-73(70)89-72-69(90-91(82,83)84)67(80)65(78)62(50-74)85-72)88-71(81)60(11)49-58(9)47-56(7)45-54(5)43-52(3)42-53(4)44-55(6)46-57(8)48-59(10)61(76)40-38-36-34-32-30-28-25-23-21-19-17-15-13-2/h52-63,65-70,72-76,78-80H,12-51H2,1-11H3,(H,82,83,84)/t52-,53+,54-,55+,56-,57+,58-,59+,60-,61-,62-,63+,65-,66+,67+,68-,69-,70+,72-,73+/m1/s1. The molecule has 540 valence electrons. The summed E-state index contributed by atoms with van der Waals surface area (Å²) < 4.78 is 67.6. The van der Waals surface area contributed by atoms with E-state index in [0.29, 0.717) is 54.3 Å². The molecule has 17 nitrogen and oxygen atoms in total. The molecule has 0 unspecified atom stereocenters. The molecule has 0 bridgehead atoms. The topological polar surface area (TPSA) is 265 Å². The van der Waals surface area contributed by atoms with Gasteiger partial charge in [0.15, 0.2) is 24.6 Å². The molecule has 0 aromatic rings. The number of hydrogen-bond acceptors (Lipinski definition) is 16. The number of aliphatic hydroxyl groups excluding tert-OH is 6. The minimum atomic E-state index is -5.32. The lowest BCUT2D eigenvalue weighted by atomic mass is 9.79. The van der Waals surface area contributed by atoms with E-state index in [0.717, 1.165) is 70.6 Å². The molecule has 2 aliphatic rings. The van der Waals surface area contributed by atoms with Gasteiger partial charge in [0, 0.05) is 6.42 Å². The average Bonchev–Trinajstić information content (AvgIpc) is 0.939. The number of rotatable bonds is 56. The summed E-state index contributed by atoms with van der Waals surface area (Å²) in [7, 11) is -5.32. The number of carbonyl (C=O) groups excluding carboxylic acids is 2. The maximum atomic E-state index is 14.1. The van der Waals surface area contributed by atoms with Crippen molar-refractivity contribution in [2.45, 2.75) is 388 Å². The third-order valence-corrected chi connectivity index (χ3v) is 20.1.